The number of nitrogens with two attached hydrogens (primary N) is 2. The molecule has 4 amide bonds. The van der Waals surface area contributed by atoms with E-state index in [4.69, 9.17) is 21.7 Å². The number of carboxylic acid groups (broad SMARTS) is 3. The Morgan fingerprint density at radius 1 is 0.758 bits per heavy atom. The maximum Gasteiger partial charge on any atom is 0.326 e. The number of amides is 4. The van der Waals surface area contributed by atoms with Crippen molar-refractivity contribution < 1.29 is 48.9 Å². The quantitative estimate of drug-likeness (QED) is 0.116. The Morgan fingerprint density at radius 3 is 1.73 bits per heavy atom. The molecule has 10 N–H and O–H groups in total. The van der Waals surface area contributed by atoms with Gasteiger partial charge in [0.25, 0.3) is 0 Å². The first kappa shape index (κ1) is 29.2. The number of hydrogen-bond acceptors (Lipinski definition) is 8. The minimum atomic E-state index is -1.68. The van der Waals surface area contributed by atoms with Crippen molar-refractivity contribution in [1.29, 1.82) is 0 Å². The molecule has 0 bridgehead atoms. The molecule has 0 aromatic carbocycles. The maximum absolute atomic E-state index is 12.6. The van der Waals surface area contributed by atoms with Crippen LogP contribution < -0.4 is 27.4 Å². The molecule has 4 atom stereocenters. The van der Waals surface area contributed by atoms with Crippen LogP contribution in [0.25, 0.3) is 0 Å². The topological polar surface area (TPSA) is 268 Å². The van der Waals surface area contributed by atoms with E-state index in [1.54, 1.807) is 0 Å². The van der Waals surface area contributed by atoms with Crippen molar-refractivity contribution in [1.82, 2.24) is 16.0 Å². The van der Waals surface area contributed by atoms with Crippen LogP contribution in [0.15, 0.2) is 0 Å². The zero-order valence-electron chi connectivity index (χ0n) is 18.1. The average molecular weight is 475 g/mol. The van der Waals surface area contributed by atoms with Gasteiger partial charge in [-0.2, -0.15) is 0 Å². The fourth-order valence-corrected chi connectivity index (χ4v) is 2.55. The second-order valence-corrected chi connectivity index (χ2v) is 7.50. The van der Waals surface area contributed by atoms with Gasteiger partial charge >= 0.3 is 17.9 Å². The number of hydrogen-bond donors (Lipinski definition) is 8. The van der Waals surface area contributed by atoms with Crippen LogP contribution in [0.5, 0.6) is 0 Å². The van der Waals surface area contributed by atoms with E-state index in [-0.39, 0.29) is 0 Å². The van der Waals surface area contributed by atoms with Gasteiger partial charge in [0, 0.05) is 6.42 Å². The number of carbonyl (C=O) groups excluding carboxylic acids is 4. The summed E-state index contributed by atoms with van der Waals surface area (Å²) in [6.07, 6.45) is -2.39. The molecule has 0 aliphatic heterocycles. The zero-order chi connectivity index (χ0) is 25.9. The summed E-state index contributed by atoms with van der Waals surface area (Å²) in [5, 5.41) is 33.4. The Morgan fingerprint density at radius 2 is 1.30 bits per heavy atom. The van der Waals surface area contributed by atoms with Crippen LogP contribution in [0.2, 0.25) is 0 Å². The molecule has 15 nitrogen and oxygen atoms in total. The third-order valence-corrected chi connectivity index (χ3v) is 4.28. The summed E-state index contributed by atoms with van der Waals surface area (Å²) in [6.45, 7) is 3.01. The van der Waals surface area contributed by atoms with Crippen molar-refractivity contribution in [2.75, 3.05) is 0 Å². The molecule has 186 valence electrons. The van der Waals surface area contributed by atoms with Gasteiger partial charge in [0.1, 0.15) is 18.1 Å². The molecule has 0 heterocycles. The third kappa shape index (κ3) is 11.4. The highest BCUT2D eigenvalue weighted by molar-refractivity contribution is 5.96. The van der Waals surface area contributed by atoms with Crippen LogP contribution in [0.4, 0.5) is 0 Å². The smallest absolute Gasteiger partial charge is 0.326 e. The number of carbonyl (C=O) groups is 7. The van der Waals surface area contributed by atoms with E-state index >= 15 is 0 Å². The van der Waals surface area contributed by atoms with Gasteiger partial charge in [0.15, 0.2) is 0 Å². The largest absolute Gasteiger partial charge is 0.481 e. The first-order valence-electron chi connectivity index (χ1n) is 9.77. The SMILES string of the molecule is CC(C)C(NC(=O)C(CC(=O)O)NC(=O)C(N)CC(N)=O)C(=O)NC(CCC(=O)O)C(=O)O. The number of aliphatic carboxylic acids is 3. The van der Waals surface area contributed by atoms with Gasteiger partial charge in [-0.15, -0.1) is 0 Å². The summed E-state index contributed by atoms with van der Waals surface area (Å²) in [6, 6.07) is -6.02. The standard InChI is InChI=1S/C18H29N5O10/c1-7(2)14(17(31)21-9(18(32)33)3-4-12(25)26)23-16(30)10(6-13(27)28)22-15(29)8(19)5-11(20)24/h7-10,14H,3-6,19H2,1-2H3,(H2,20,24)(H,21,31)(H,22,29)(H,23,30)(H,25,26)(H,27,28)(H,32,33). The molecule has 0 aromatic heterocycles. The second-order valence-electron chi connectivity index (χ2n) is 7.50. The van der Waals surface area contributed by atoms with Gasteiger partial charge in [0.05, 0.1) is 18.9 Å². The van der Waals surface area contributed by atoms with Gasteiger partial charge in [-0.05, 0) is 12.3 Å². The Kier molecular flexibility index (Phi) is 12.1. The number of carboxylic acids is 3. The Labute approximate surface area is 188 Å². The van der Waals surface area contributed by atoms with Gasteiger partial charge in [-0.3, -0.25) is 28.8 Å². The highest BCUT2D eigenvalue weighted by Gasteiger charge is 2.33. The minimum Gasteiger partial charge on any atom is -0.481 e. The summed E-state index contributed by atoms with van der Waals surface area (Å²) in [5.74, 6) is -8.80. The first-order chi connectivity index (χ1) is 15.1. The molecular formula is C18H29N5O10. The minimum absolute atomic E-state index is 0.412. The van der Waals surface area contributed by atoms with Crippen molar-refractivity contribution in [3.63, 3.8) is 0 Å². The van der Waals surface area contributed by atoms with Crippen molar-refractivity contribution >= 4 is 41.5 Å². The van der Waals surface area contributed by atoms with Gasteiger partial charge in [0.2, 0.25) is 23.6 Å². The average Bonchev–Trinajstić information content (AvgIpc) is 2.66. The lowest BCUT2D eigenvalue weighted by atomic mass is 10.0. The zero-order valence-corrected chi connectivity index (χ0v) is 18.1. The summed E-state index contributed by atoms with van der Waals surface area (Å²) in [5.41, 5.74) is 10.4. The molecule has 0 aromatic rings. The molecule has 4 unspecified atom stereocenters. The lowest BCUT2D eigenvalue weighted by Crippen LogP contribution is -2.59. The van der Waals surface area contributed by atoms with Gasteiger partial charge < -0.3 is 42.7 Å². The summed E-state index contributed by atoms with van der Waals surface area (Å²) >= 11 is 0. The molecule has 0 radical (unpaired) electrons. The Hall–Kier alpha value is -3.75. The van der Waals surface area contributed by atoms with E-state index in [0.29, 0.717) is 0 Å². The number of rotatable bonds is 15. The molecule has 0 saturated carbocycles. The molecule has 0 aliphatic carbocycles. The van der Waals surface area contributed by atoms with E-state index < -0.39 is 97.3 Å². The van der Waals surface area contributed by atoms with Gasteiger partial charge in [-0.1, -0.05) is 13.8 Å². The summed E-state index contributed by atoms with van der Waals surface area (Å²) < 4.78 is 0. The number of primary amides is 1. The predicted octanol–water partition coefficient (Wildman–Crippen LogP) is -3.28. The monoisotopic (exact) mass is 475 g/mol. The van der Waals surface area contributed by atoms with Crippen molar-refractivity contribution in [3.05, 3.63) is 0 Å². The van der Waals surface area contributed by atoms with Gasteiger partial charge in [-0.25, -0.2) is 4.79 Å². The summed E-state index contributed by atoms with van der Waals surface area (Å²) in [7, 11) is 0. The maximum atomic E-state index is 12.6. The normalized spacial score (nSPS) is 14.3. The second kappa shape index (κ2) is 13.6. The Balaban J connectivity index is 5.45. The van der Waals surface area contributed by atoms with Crippen molar-refractivity contribution in [2.24, 2.45) is 17.4 Å². The van der Waals surface area contributed by atoms with E-state index in [1.165, 1.54) is 13.8 Å². The highest BCUT2D eigenvalue weighted by Crippen LogP contribution is 2.07. The fourth-order valence-electron chi connectivity index (χ4n) is 2.55. The molecule has 15 heteroatoms. The molecule has 0 aliphatic rings. The fraction of sp³-hybridized carbons (Fsp3) is 0.611. The van der Waals surface area contributed by atoms with Crippen molar-refractivity contribution in [3.8, 4) is 0 Å². The van der Waals surface area contributed by atoms with Crippen LogP contribution in [0.3, 0.4) is 0 Å². The van der Waals surface area contributed by atoms with Crippen molar-refractivity contribution in [2.45, 2.75) is 63.7 Å². The van der Waals surface area contributed by atoms with E-state index in [9.17, 15) is 38.7 Å². The Bertz CT molecular complexity index is 785. The third-order valence-electron chi connectivity index (χ3n) is 4.28. The van der Waals surface area contributed by atoms with Crippen LogP contribution >= 0.6 is 0 Å². The molecule has 0 saturated heterocycles. The van der Waals surface area contributed by atoms with Crippen LogP contribution in [0.1, 0.15) is 39.5 Å². The highest BCUT2D eigenvalue weighted by atomic mass is 16.4. The molecule has 0 rings (SSSR count). The van der Waals surface area contributed by atoms with Crippen LogP contribution in [-0.4, -0.2) is 81.0 Å². The summed E-state index contributed by atoms with van der Waals surface area (Å²) in [4.78, 5) is 81.2. The van der Waals surface area contributed by atoms with E-state index in [0.717, 1.165) is 0 Å². The molecule has 0 fully saturated rings. The molecule has 33 heavy (non-hydrogen) atoms. The lowest BCUT2D eigenvalue weighted by Gasteiger charge is -2.26. The number of nitrogens with one attached hydrogen (secondary N) is 3. The predicted molar refractivity (Wildman–Crippen MR) is 109 cm³/mol. The van der Waals surface area contributed by atoms with Crippen LogP contribution in [0, 0.1) is 5.92 Å². The van der Waals surface area contributed by atoms with E-state index in [1.807, 2.05) is 0 Å². The first-order valence-corrected chi connectivity index (χ1v) is 9.77. The molecular weight excluding hydrogens is 446 g/mol. The van der Waals surface area contributed by atoms with E-state index in [2.05, 4.69) is 16.0 Å². The van der Waals surface area contributed by atoms with Crippen LogP contribution in [-0.2, 0) is 33.6 Å². The lowest BCUT2D eigenvalue weighted by molar-refractivity contribution is -0.144. The molecule has 0 spiro atoms.